The number of hydrogen-bond acceptors (Lipinski definition) is 2. The predicted octanol–water partition coefficient (Wildman–Crippen LogP) is 4.80. The van der Waals surface area contributed by atoms with Crippen LogP contribution in [0.25, 0.3) is 0 Å². The zero-order valence-electron chi connectivity index (χ0n) is 11.5. The van der Waals surface area contributed by atoms with Gasteiger partial charge < -0.3 is 5.32 Å². The van der Waals surface area contributed by atoms with Crippen LogP contribution in [0.1, 0.15) is 44.7 Å². The Balaban J connectivity index is 1.90. The monoisotopic (exact) mass is 301 g/mol. The van der Waals surface area contributed by atoms with Crippen molar-refractivity contribution >= 4 is 23.4 Å². The molecule has 1 fully saturated rings. The third kappa shape index (κ3) is 4.11. The zero-order chi connectivity index (χ0) is 13.8. The first-order valence-corrected chi connectivity index (χ1v) is 8.35. The number of benzene rings is 1. The van der Waals surface area contributed by atoms with Crippen LogP contribution in [0.4, 0.5) is 4.39 Å². The van der Waals surface area contributed by atoms with E-state index in [9.17, 15) is 4.39 Å². The van der Waals surface area contributed by atoms with Gasteiger partial charge in [-0.2, -0.15) is 11.8 Å². The molecule has 0 amide bonds. The van der Waals surface area contributed by atoms with E-state index in [0.29, 0.717) is 6.04 Å². The fourth-order valence-corrected chi connectivity index (χ4v) is 4.04. The molecule has 1 nitrogen and oxygen atoms in total. The molecule has 106 valence electrons. The summed E-state index contributed by atoms with van der Waals surface area (Å²) >= 11 is 7.89. The first-order chi connectivity index (χ1) is 9.10. The second-order valence-electron chi connectivity index (χ2n) is 5.15. The molecule has 0 spiro atoms. The number of rotatable bonds is 5. The highest BCUT2D eigenvalue weighted by Gasteiger charge is 2.25. The van der Waals surface area contributed by atoms with Crippen LogP contribution in [-0.4, -0.2) is 17.0 Å². The molecule has 1 aliphatic rings. The van der Waals surface area contributed by atoms with Gasteiger partial charge in [0, 0.05) is 17.3 Å². The molecular weight excluding hydrogens is 281 g/mol. The van der Waals surface area contributed by atoms with Crippen LogP contribution < -0.4 is 5.32 Å². The average Bonchev–Trinajstić information content (AvgIpc) is 2.80. The van der Waals surface area contributed by atoms with Crippen LogP contribution >= 0.6 is 23.4 Å². The van der Waals surface area contributed by atoms with Gasteiger partial charge >= 0.3 is 0 Å². The van der Waals surface area contributed by atoms with Gasteiger partial charge in [-0.3, -0.25) is 0 Å². The van der Waals surface area contributed by atoms with Crippen molar-refractivity contribution in [1.29, 1.82) is 0 Å². The van der Waals surface area contributed by atoms with E-state index < -0.39 is 0 Å². The van der Waals surface area contributed by atoms with E-state index in [4.69, 9.17) is 11.6 Å². The minimum atomic E-state index is -0.349. The first-order valence-electron chi connectivity index (χ1n) is 6.92. The number of nitrogens with one attached hydrogen (secondary N) is 1. The summed E-state index contributed by atoms with van der Waals surface area (Å²) in [6, 6.07) is 5.77. The lowest BCUT2D eigenvalue weighted by atomic mass is 10.1. The second kappa shape index (κ2) is 6.96. The van der Waals surface area contributed by atoms with Gasteiger partial charge in [0.1, 0.15) is 5.82 Å². The molecule has 3 unspecified atom stereocenters. The molecule has 1 aromatic rings. The highest BCUT2D eigenvalue weighted by molar-refractivity contribution is 7.99. The van der Waals surface area contributed by atoms with Crippen LogP contribution in [-0.2, 0) is 0 Å². The predicted molar refractivity (Wildman–Crippen MR) is 82.5 cm³/mol. The molecule has 19 heavy (non-hydrogen) atoms. The smallest absolute Gasteiger partial charge is 0.141 e. The van der Waals surface area contributed by atoms with Gasteiger partial charge in [-0.15, -0.1) is 0 Å². The zero-order valence-corrected chi connectivity index (χ0v) is 13.0. The van der Waals surface area contributed by atoms with Crippen LogP contribution in [0.5, 0.6) is 0 Å². The number of thioether (sulfide) groups is 1. The van der Waals surface area contributed by atoms with E-state index in [1.54, 1.807) is 6.07 Å². The molecule has 1 aliphatic carbocycles. The van der Waals surface area contributed by atoms with E-state index in [1.165, 1.54) is 31.1 Å². The largest absolute Gasteiger partial charge is 0.307 e. The fourth-order valence-electron chi connectivity index (χ4n) is 2.71. The molecule has 1 saturated carbocycles. The summed E-state index contributed by atoms with van der Waals surface area (Å²) in [6.45, 7) is 4.33. The molecule has 0 aliphatic heterocycles. The topological polar surface area (TPSA) is 12.0 Å². The lowest BCUT2D eigenvalue weighted by Crippen LogP contribution is -2.29. The summed E-state index contributed by atoms with van der Waals surface area (Å²) in [6.07, 6.45) is 3.77. The Labute approximate surface area is 124 Å². The Morgan fingerprint density at radius 3 is 2.95 bits per heavy atom. The van der Waals surface area contributed by atoms with E-state index in [-0.39, 0.29) is 16.9 Å². The molecule has 0 bridgehead atoms. The summed E-state index contributed by atoms with van der Waals surface area (Å²) in [5.41, 5.74) is 1.05. The molecule has 2 rings (SSSR count). The standard InChI is InChI=1S/C15H21ClFNS/c1-3-19-13-6-5-12(9-13)18-10(2)11-4-7-15(17)14(16)8-11/h4,7-8,10,12-13,18H,3,5-6,9H2,1-2H3. The van der Waals surface area contributed by atoms with Crippen molar-refractivity contribution in [3.63, 3.8) is 0 Å². The summed E-state index contributed by atoms with van der Waals surface area (Å²) in [5.74, 6) is 0.846. The summed E-state index contributed by atoms with van der Waals surface area (Å²) in [5, 5.41) is 4.64. The van der Waals surface area contributed by atoms with E-state index in [2.05, 4.69) is 30.9 Å². The third-order valence-electron chi connectivity index (χ3n) is 3.72. The molecule has 4 heteroatoms. The summed E-state index contributed by atoms with van der Waals surface area (Å²) < 4.78 is 13.1. The van der Waals surface area contributed by atoms with E-state index in [1.807, 2.05) is 6.07 Å². The van der Waals surface area contributed by atoms with Crippen molar-refractivity contribution in [1.82, 2.24) is 5.32 Å². The highest BCUT2D eigenvalue weighted by Crippen LogP contribution is 2.31. The normalized spacial score (nSPS) is 24.6. The minimum absolute atomic E-state index is 0.206. The quantitative estimate of drug-likeness (QED) is 0.838. The highest BCUT2D eigenvalue weighted by atomic mass is 35.5. The Morgan fingerprint density at radius 2 is 2.26 bits per heavy atom. The number of hydrogen-bond donors (Lipinski definition) is 1. The maximum Gasteiger partial charge on any atom is 0.141 e. The molecular formula is C15H21ClFNS. The summed E-state index contributed by atoms with van der Waals surface area (Å²) in [4.78, 5) is 0. The van der Waals surface area contributed by atoms with Gasteiger partial charge in [-0.1, -0.05) is 24.6 Å². The van der Waals surface area contributed by atoms with Crippen LogP contribution in [0, 0.1) is 5.82 Å². The molecule has 3 atom stereocenters. The first kappa shape index (κ1) is 15.1. The Bertz CT molecular complexity index is 427. The Morgan fingerprint density at radius 1 is 1.47 bits per heavy atom. The molecule has 0 saturated heterocycles. The third-order valence-corrected chi connectivity index (χ3v) is 5.24. The fraction of sp³-hybridized carbons (Fsp3) is 0.600. The Hall–Kier alpha value is -0.250. The van der Waals surface area contributed by atoms with Gasteiger partial charge in [-0.05, 0) is 49.6 Å². The Kier molecular flexibility index (Phi) is 5.55. The second-order valence-corrected chi connectivity index (χ2v) is 7.13. The molecule has 0 heterocycles. The average molecular weight is 302 g/mol. The van der Waals surface area contributed by atoms with E-state index >= 15 is 0 Å². The van der Waals surface area contributed by atoms with Crippen LogP contribution in [0.2, 0.25) is 5.02 Å². The lowest BCUT2D eigenvalue weighted by Gasteiger charge is -2.20. The van der Waals surface area contributed by atoms with E-state index in [0.717, 1.165) is 10.8 Å². The lowest BCUT2D eigenvalue weighted by molar-refractivity contribution is 0.461. The van der Waals surface area contributed by atoms with Crippen LogP contribution in [0.15, 0.2) is 18.2 Å². The van der Waals surface area contributed by atoms with Crippen molar-refractivity contribution < 1.29 is 4.39 Å². The van der Waals surface area contributed by atoms with Gasteiger partial charge in [0.25, 0.3) is 0 Å². The maximum absolute atomic E-state index is 13.1. The van der Waals surface area contributed by atoms with Gasteiger partial charge in [0.2, 0.25) is 0 Å². The maximum atomic E-state index is 13.1. The van der Waals surface area contributed by atoms with Crippen molar-refractivity contribution in [3.8, 4) is 0 Å². The van der Waals surface area contributed by atoms with Crippen molar-refractivity contribution in [3.05, 3.63) is 34.6 Å². The van der Waals surface area contributed by atoms with Crippen LogP contribution in [0.3, 0.4) is 0 Å². The van der Waals surface area contributed by atoms with Crippen molar-refractivity contribution in [2.45, 2.75) is 50.4 Å². The summed E-state index contributed by atoms with van der Waals surface area (Å²) in [7, 11) is 0. The molecule has 1 aromatic carbocycles. The molecule has 0 aromatic heterocycles. The molecule has 1 N–H and O–H groups in total. The van der Waals surface area contributed by atoms with Crippen molar-refractivity contribution in [2.75, 3.05) is 5.75 Å². The van der Waals surface area contributed by atoms with Gasteiger partial charge in [-0.25, -0.2) is 4.39 Å². The van der Waals surface area contributed by atoms with Gasteiger partial charge in [0.05, 0.1) is 5.02 Å². The minimum Gasteiger partial charge on any atom is -0.307 e. The number of halogens is 2. The molecule has 0 radical (unpaired) electrons. The SMILES string of the molecule is CCSC1CCC(NC(C)c2ccc(F)c(Cl)c2)C1. The van der Waals surface area contributed by atoms with Crippen molar-refractivity contribution in [2.24, 2.45) is 0 Å². The van der Waals surface area contributed by atoms with Gasteiger partial charge in [0.15, 0.2) is 0 Å².